The van der Waals surface area contributed by atoms with Crippen LogP contribution in [0, 0.1) is 13.8 Å². The number of likely N-dealkylation sites (N-methyl/N-ethyl adjacent to an activating group) is 1. The third-order valence-electron chi connectivity index (χ3n) is 4.87. The maximum atomic E-state index is 5.28. The van der Waals surface area contributed by atoms with Crippen molar-refractivity contribution in [2.24, 2.45) is 0 Å². The molecule has 0 amide bonds. The van der Waals surface area contributed by atoms with Gasteiger partial charge in [-0.15, -0.1) is 0 Å². The Morgan fingerprint density at radius 3 is 2.75 bits per heavy atom. The standard InChI is InChI=1S/C17H27N5O2/c1-5-17-18-16(20-24-17)11-22-8-6-7-14(9-22)21(4)10-15-12(2)19-23-13(15)3/h14H,5-11H2,1-4H3. The minimum absolute atomic E-state index is 0.519. The summed E-state index contributed by atoms with van der Waals surface area (Å²) in [6, 6.07) is 0.519. The molecule has 132 valence electrons. The highest BCUT2D eigenvalue weighted by molar-refractivity contribution is 5.20. The van der Waals surface area contributed by atoms with Crippen LogP contribution in [0.3, 0.4) is 0 Å². The van der Waals surface area contributed by atoms with Gasteiger partial charge < -0.3 is 9.05 Å². The highest BCUT2D eigenvalue weighted by Gasteiger charge is 2.25. The van der Waals surface area contributed by atoms with Crippen LogP contribution in [0.2, 0.25) is 0 Å². The van der Waals surface area contributed by atoms with Crippen LogP contribution < -0.4 is 0 Å². The van der Waals surface area contributed by atoms with Gasteiger partial charge in [-0.1, -0.05) is 17.2 Å². The molecule has 0 bridgehead atoms. The third kappa shape index (κ3) is 3.84. The van der Waals surface area contributed by atoms with E-state index in [1.807, 2.05) is 20.8 Å². The number of hydrogen-bond donors (Lipinski definition) is 0. The lowest BCUT2D eigenvalue weighted by atomic mass is 10.0. The van der Waals surface area contributed by atoms with Crippen LogP contribution in [0.4, 0.5) is 0 Å². The quantitative estimate of drug-likeness (QED) is 0.803. The Balaban J connectivity index is 1.58. The molecule has 1 aliphatic heterocycles. The molecule has 0 radical (unpaired) electrons. The number of hydrogen-bond acceptors (Lipinski definition) is 7. The Kier molecular flexibility index (Phi) is 5.30. The second-order valence-corrected chi connectivity index (χ2v) is 6.71. The van der Waals surface area contributed by atoms with Crippen LogP contribution in [0.5, 0.6) is 0 Å². The summed E-state index contributed by atoms with van der Waals surface area (Å²) in [5, 5.41) is 8.13. The number of likely N-dealkylation sites (tertiary alicyclic amines) is 1. The van der Waals surface area contributed by atoms with E-state index in [-0.39, 0.29) is 0 Å². The normalized spacial score (nSPS) is 19.3. The molecule has 1 aliphatic rings. The summed E-state index contributed by atoms with van der Waals surface area (Å²) < 4.78 is 10.5. The molecule has 3 rings (SSSR count). The van der Waals surface area contributed by atoms with Gasteiger partial charge in [-0.2, -0.15) is 4.98 Å². The second-order valence-electron chi connectivity index (χ2n) is 6.71. The molecule has 0 aromatic carbocycles. The van der Waals surface area contributed by atoms with Crippen LogP contribution in [0.1, 0.15) is 48.5 Å². The number of rotatable bonds is 6. The Bertz CT molecular complexity index is 646. The van der Waals surface area contributed by atoms with Crippen molar-refractivity contribution in [1.82, 2.24) is 25.1 Å². The Hall–Kier alpha value is -1.73. The lowest BCUT2D eigenvalue weighted by Crippen LogP contribution is -2.46. The summed E-state index contributed by atoms with van der Waals surface area (Å²) in [6.07, 6.45) is 3.19. The fourth-order valence-corrected chi connectivity index (χ4v) is 3.34. The first kappa shape index (κ1) is 17.1. The van der Waals surface area contributed by atoms with Gasteiger partial charge in [-0.05, 0) is 40.3 Å². The van der Waals surface area contributed by atoms with Crippen LogP contribution in [-0.4, -0.2) is 51.3 Å². The van der Waals surface area contributed by atoms with Gasteiger partial charge in [0.25, 0.3) is 0 Å². The Labute approximate surface area is 143 Å². The smallest absolute Gasteiger partial charge is 0.226 e. The fourth-order valence-electron chi connectivity index (χ4n) is 3.34. The maximum Gasteiger partial charge on any atom is 0.226 e. The highest BCUT2D eigenvalue weighted by Crippen LogP contribution is 2.21. The van der Waals surface area contributed by atoms with E-state index in [1.54, 1.807) is 0 Å². The van der Waals surface area contributed by atoms with E-state index >= 15 is 0 Å². The van der Waals surface area contributed by atoms with Gasteiger partial charge in [0.2, 0.25) is 5.89 Å². The number of nitrogens with zero attached hydrogens (tertiary/aromatic N) is 5. The third-order valence-corrected chi connectivity index (χ3v) is 4.87. The van der Waals surface area contributed by atoms with E-state index in [9.17, 15) is 0 Å². The van der Waals surface area contributed by atoms with Gasteiger partial charge in [0.1, 0.15) is 5.76 Å². The topological polar surface area (TPSA) is 71.4 Å². The second kappa shape index (κ2) is 7.44. The molecule has 0 saturated carbocycles. The van der Waals surface area contributed by atoms with Crippen molar-refractivity contribution in [2.75, 3.05) is 20.1 Å². The fraction of sp³-hybridized carbons (Fsp3) is 0.706. The molecule has 7 nitrogen and oxygen atoms in total. The first-order valence-electron chi connectivity index (χ1n) is 8.72. The average Bonchev–Trinajstić information content (AvgIpc) is 3.16. The Morgan fingerprint density at radius 1 is 1.25 bits per heavy atom. The zero-order valence-electron chi connectivity index (χ0n) is 15.1. The number of piperidine rings is 1. The molecule has 1 fully saturated rings. The van der Waals surface area contributed by atoms with Crippen molar-refractivity contribution >= 4 is 0 Å². The summed E-state index contributed by atoms with van der Waals surface area (Å²) in [4.78, 5) is 9.25. The predicted molar refractivity (Wildman–Crippen MR) is 89.4 cm³/mol. The van der Waals surface area contributed by atoms with Crippen molar-refractivity contribution in [2.45, 2.75) is 59.2 Å². The first-order valence-corrected chi connectivity index (χ1v) is 8.72. The molecule has 0 spiro atoms. The minimum atomic E-state index is 0.519. The molecule has 1 saturated heterocycles. The van der Waals surface area contributed by atoms with Crippen molar-refractivity contribution in [3.63, 3.8) is 0 Å². The maximum absolute atomic E-state index is 5.28. The molecule has 0 aliphatic carbocycles. The zero-order valence-corrected chi connectivity index (χ0v) is 15.1. The van der Waals surface area contributed by atoms with Gasteiger partial charge in [-0.3, -0.25) is 9.80 Å². The van der Waals surface area contributed by atoms with E-state index in [2.05, 4.69) is 32.1 Å². The lowest BCUT2D eigenvalue weighted by Gasteiger charge is -2.37. The SMILES string of the molecule is CCc1nc(CN2CCCC(N(C)Cc3c(C)noc3C)C2)no1. The van der Waals surface area contributed by atoms with E-state index in [0.29, 0.717) is 11.9 Å². The largest absolute Gasteiger partial charge is 0.361 e. The summed E-state index contributed by atoms with van der Waals surface area (Å²) in [5.41, 5.74) is 2.20. The molecular formula is C17H27N5O2. The molecule has 1 atom stereocenters. The summed E-state index contributed by atoms with van der Waals surface area (Å²) in [5.74, 6) is 2.43. The summed E-state index contributed by atoms with van der Waals surface area (Å²) in [7, 11) is 2.18. The molecule has 1 unspecified atom stereocenters. The average molecular weight is 333 g/mol. The van der Waals surface area contributed by atoms with Gasteiger partial charge in [0.05, 0.1) is 12.2 Å². The molecule has 2 aromatic heterocycles. The predicted octanol–water partition coefficient (Wildman–Crippen LogP) is 2.33. The summed E-state index contributed by atoms with van der Waals surface area (Å²) in [6.45, 7) is 9.77. The van der Waals surface area contributed by atoms with Gasteiger partial charge in [-0.25, -0.2) is 0 Å². The first-order chi connectivity index (χ1) is 11.6. The van der Waals surface area contributed by atoms with Gasteiger partial charge in [0.15, 0.2) is 5.82 Å². The highest BCUT2D eigenvalue weighted by atomic mass is 16.5. The van der Waals surface area contributed by atoms with Gasteiger partial charge in [0, 0.05) is 31.1 Å². The van der Waals surface area contributed by atoms with E-state index < -0.39 is 0 Å². The minimum Gasteiger partial charge on any atom is -0.361 e. The molecule has 24 heavy (non-hydrogen) atoms. The Morgan fingerprint density at radius 2 is 2.08 bits per heavy atom. The van der Waals surface area contributed by atoms with E-state index in [1.165, 1.54) is 18.4 Å². The lowest BCUT2D eigenvalue weighted by molar-refractivity contribution is 0.104. The number of aryl methyl sites for hydroxylation is 3. The van der Waals surface area contributed by atoms with Gasteiger partial charge >= 0.3 is 0 Å². The number of aromatic nitrogens is 3. The zero-order chi connectivity index (χ0) is 17.1. The van der Waals surface area contributed by atoms with Crippen molar-refractivity contribution in [1.29, 1.82) is 0 Å². The van der Waals surface area contributed by atoms with E-state index in [0.717, 1.165) is 49.9 Å². The monoisotopic (exact) mass is 333 g/mol. The van der Waals surface area contributed by atoms with E-state index in [4.69, 9.17) is 9.05 Å². The molecule has 0 N–H and O–H groups in total. The van der Waals surface area contributed by atoms with Crippen LogP contribution in [0.15, 0.2) is 9.05 Å². The van der Waals surface area contributed by atoms with Crippen LogP contribution >= 0.6 is 0 Å². The molecule has 3 heterocycles. The van der Waals surface area contributed by atoms with Crippen LogP contribution in [0.25, 0.3) is 0 Å². The van der Waals surface area contributed by atoms with Crippen molar-refractivity contribution < 1.29 is 9.05 Å². The van der Waals surface area contributed by atoms with Crippen molar-refractivity contribution in [3.8, 4) is 0 Å². The summed E-state index contributed by atoms with van der Waals surface area (Å²) >= 11 is 0. The molecule has 7 heteroatoms. The molecular weight excluding hydrogens is 306 g/mol. The van der Waals surface area contributed by atoms with Crippen LogP contribution in [-0.2, 0) is 19.5 Å². The molecule has 2 aromatic rings. The van der Waals surface area contributed by atoms with Crippen molar-refractivity contribution in [3.05, 3.63) is 28.7 Å².